The molecule has 2 aromatic rings. The van der Waals surface area contributed by atoms with Crippen molar-refractivity contribution in [1.82, 2.24) is 4.98 Å². The molecule has 20 heavy (non-hydrogen) atoms. The van der Waals surface area contributed by atoms with Crippen molar-refractivity contribution in [2.24, 2.45) is 0 Å². The zero-order valence-electron chi connectivity index (χ0n) is 11.2. The van der Waals surface area contributed by atoms with E-state index in [0.717, 1.165) is 0 Å². The second-order valence-electron chi connectivity index (χ2n) is 4.00. The predicted octanol–water partition coefficient (Wildman–Crippen LogP) is 2.30. The number of nitrogen functional groups attached to an aromatic ring is 1. The number of methoxy groups -OCH3 is 2. The minimum Gasteiger partial charge on any atom is -0.497 e. The first-order valence-electron chi connectivity index (χ1n) is 5.82. The van der Waals surface area contributed by atoms with Gasteiger partial charge in [0.05, 0.1) is 31.7 Å². The Morgan fingerprint density at radius 3 is 2.35 bits per heavy atom. The first-order chi connectivity index (χ1) is 9.66. The maximum absolute atomic E-state index is 9.09. The number of hydrogen-bond donors (Lipinski definition) is 2. The van der Waals surface area contributed by atoms with Gasteiger partial charge in [-0.05, 0) is 6.07 Å². The highest BCUT2D eigenvalue weighted by atomic mass is 16.5. The van der Waals surface area contributed by atoms with Gasteiger partial charge in [0.1, 0.15) is 23.4 Å². The number of hydrogen-bond acceptors (Lipinski definition) is 6. The fraction of sp³-hybridized carbons (Fsp3) is 0.143. The summed E-state index contributed by atoms with van der Waals surface area (Å²) >= 11 is 0. The van der Waals surface area contributed by atoms with Gasteiger partial charge in [0.15, 0.2) is 0 Å². The van der Waals surface area contributed by atoms with Gasteiger partial charge < -0.3 is 20.5 Å². The summed E-state index contributed by atoms with van der Waals surface area (Å²) in [4.78, 5) is 4.12. The average Bonchev–Trinajstić information content (AvgIpc) is 2.48. The topological polar surface area (TPSA) is 93.2 Å². The molecule has 6 heteroatoms. The van der Waals surface area contributed by atoms with Gasteiger partial charge in [-0.3, -0.25) is 0 Å². The third-order valence-electron chi connectivity index (χ3n) is 2.64. The highest BCUT2D eigenvalue weighted by Crippen LogP contribution is 2.28. The van der Waals surface area contributed by atoms with Crippen LogP contribution in [-0.2, 0) is 0 Å². The van der Waals surface area contributed by atoms with Crippen LogP contribution in [0.4, 0.5) is 17.2 Å². The lowest BCUT2D eigenvalue weighted by Gasteiger charge is -2.11. The number of rotatable bonds is 4. The molecule has 1 aromatic heterocycles. The third kappa shape index (κ3) is 2.90. The van der Waals surface area contributed by atoms with Gasteiger partial charge in [0.2, 0.25) is 0 Å². The van der Waals surface area contributed by atoms with Crippen LogP contribution in [0.15, 0.2) is 30.5 Å². The summed E-state index contributed by atoms with van der Waals surface area (Å²) in [6.45, 7) is 0. The van der Waals surface area contributed by atoms with Crippen molar-refractivity contribution < 1.29 is 9.47 Å². The molecule has 1 aromatic carbocycles. The van der Waals surface area contributed by atoms with Gasteiger partial charge >= 0.3 is 0 Å². The Kier molecular flexibility index (Phi) is 3.91. The maximum atomic E-state index is 9.09. The van der Waals surface area contributed by atoms with Crippen LogP contribution in [0, 0.1) is 11.3 Å². The van der Waals surface area contributed by atoms with Crippen LogP contribution < -0.4 is 20.5 Å². The van der Waals surface area contributed by atoms with Crippen LogP contribution in [0.1, 0.15) is 5.56 Å². The van der Waals surface area contributed by atoms with Gasteiger partial charge in [0.25, 0.3) is 0 Å². The highest BCUT2D eigenvalue weighted by molar-refractivity contribution is 5.67. The zero-order chi connectivity index (χ0) is 14.5. The van der Waals surface area contributed by atoms with Gasteiger partial charge in [0, 0.05) is 23.9 Å². The molecule has 0 atom stereocenters. The van der Waals surface area contributed by atoms with Gasteiger partial charge in [-0.25, -0.2) is 4.98 Å². The molecular weight excluding hydrogens is 256 g/mol. The molecule has 0 spiro atoms. The summed E-state index contributed by atoms with van der Waals surface area (Å²) in [5, 5.41) is 12.1. The van der Waals surface area contributed by atoms with E-state index in [1.54, 1.807) is 38.5 Å². The van der Waals surface area contributed by atoms with Crippen molar-refractivity contribution in [3.8, 4) is 17.6 Å². The van der Waals surface area contributed by atoms with Crippen molar-refractivity contribution in [3.05, 3.63) is 36.0 Å². The summed E-state index contributed by atoms with van der Waals surface area (Å²) in [5.74, 6) is 1.71. The number of benzene rings is 1. The molecule has 1 heterocycles. The molecule has 102 valence electrons. The van der Waals surface area contributed by atoms with Gasteiger partial charge in [-0.15, -0.1) is 0 Å². The maximum Gasteiger partial charge on any atom is 0.148 e. The summed E-state index contributed by atoms with van der Waals surface area (Å²) in [7, 11) is 3.14. The second kappa shape index (κ2) is 5.80. The molecular formula is C14H14N4O2. The second-order valence-corrected chi connectivity index (χ2v) is 4.00. The molecule has 0 amide bonds. The first-order valence-corrected chi connectivity index (χ1v) is 5.82. The standard InChI is InChI=1S/C14H14N4O2/c1-19-12-4-11(5-13(6-12)20-2)18-14-9(7-15)3-10(16)8-17-14/h3-6,8H,16H2,1-2H3,(H,17,18). The molecule has 6 nitrogen and oxygen atoms in total. The van der Waals surface area contributed by atoms with Crippen LogP contribution in [0.5, 0.6) is 11.5 Å². The molecule has 0 unspecified atom stereocenters. The lowest BCUT2D eigenvalue weighted by molar-refractivity contribution is 0.395. The van der Waals surface area contributed by atoms with E-state index in [1.165, 1.54) is 6.20 Å². The van der Waals surface area contributed by atoms with E-state index in [0.29, 0.717) is 34.3 Å². The number of ether oxygens (including phenoxy) is 2. The quantitative estimate of drug-likeness (QED) is 0.885. The predicted molar refractivity (Wildman–Crippen MR) is 76.2 cm³/mol. The van der Waals surface area contributed by atoms with Crippen molar-refractivity contribution in [2.75, 3.05) is 25.3 Å². The Labute approximate surface area is 116 Å². The summed E-state index contributed by atoms with van der Waals surface area (Å²) in [6, 6.07) is 8.92. The Morgan fingerprint density at radius 1 is 1.15 bits per heavy atom. The molecule has 3 N–H and O–H groups in total. The molecule has 0 saturated carbocycles. The van der Waals surface area contributed by atoms with Crippen molar-refractivity contribution in [2.45, 2.75) is 0 Å². The molecule has 0 bridgehead atoms. The molecule has 0 radical (unpaired) electrons. The van der Waals surface area contributed by atoms with E-state index in [4.69, 9.17) is 20.5 Å². The van der Waals surface area contributed by atoms with Crippen LogP contribution in [0.3, 0.4) is 0 Å². The summed E-state index contributed by atoms with van der Waals surface area (Å²) < 4.78 is 10.4. The van der Waals surface area contributed by atoms with E-state index in [1.807, 2.05) is 6.07 Å². The molecule has 2 rings (SSSR count). The number of anilines is 3. The van der Waals surface area contributed by atoms with Crippen LogP contribution in [0.25, 0.3) is 0 Å². The number of aromatic nitrogens is 1. The molecule has 0 aliphatic rings. The van der Waals surface area contributed by atoms with E-state index in [9.17, 15) is 0 Å². The minimum atomic E-state index is 0.367. The van der Waals surface area contributed by atoms with E-state index in [2.05, 4.69) is 10.3 Å². The van der Waals surface area contributed by atoms with Crippen molar-refractivity contribution in [1.29, 1.82) is 5.26 Å². The average molecular weight is 270 g/mol. The third-order valence-corrected chi connectivity index (χ3v) is 2.64. The SMILES string of the molecule is COc1cc(Nc2ncc(N)cc2C#N)cc(OC)c1. The number of nitriles is 1. The smallest absolute Gasteiger partial charge is 0.148 e. The fourth-order valence-corrected chi connectivity index (χ4v) is 1.68. The van der Waals surface area contributed by atoms with E-state index < -0.39 is 0 Å². The van der Waals surface area contributed by atoms with Crippen molar-refractivity contribution in [3.63, 3.8) is 0 Å². The van der Waals surface area contributed by atoms with E-state index >= 15 is 0 Å². The van der Waals surface area contributed by atoms with Gasteiger partial charge in [-0.1, -0.05) is 0 Å². The Bertz CT molecular complexity index is 642. The van der Waals surface area contributed by atoms with Crippen LogP contribution >= 0.6 is 0 Å². The zero-order valence-corrected chi connectivity index (χ0v) is 11.2. The summed E-state index contributed by atoms with van der Waals surface area (Å²) in [6.07, 6.45) is 1.49. The number of nitrogens with zero attached hydrogens (tertiary/aromatic N) is 2. The molecule has 0 saturated heterocycles. The monoisotopic (exact) mass is 270 g/mol. The minimum absolute atomic E-state index is 0.367. The summed E-state index contributed by atoms with van der Waals surface area (Å²) in [5.41, 5.74) is 7.12. The fourth-order valence-electron chi connectivity index (χ4n) is 1.68. The number of nitrogens with one attached hydrogen (secondary N) is 1. The van der Waals surface area contributed by atoms with Crippen molar-refractivity contribution >= 4 is 17.2 Å². The Balaban J connectivity index is 2.37. The first kappa shape index (κ1) is 13.5. The molecule has 0 aliphatic carbocycles. The number of nitrogens with two attached hydrogens (primary N) is 1. The Morgan fingerprint density at radius 2 is 1.80 bits per heavy atom. The molecule has 0 fully saturated rings. The normalized spacial score (nSPS) is 9.65. The lowest BCUT2D eigenvalue weighted by Crippen LogP contribution is -1.99. The van der Waals surface area contributed by atoms with Crippen LogP contribution in [-0.4, -0.2) is 19.2 Å². The number of pyridine rings is 1. The van der Waals surface area contributed by atoms with E-state index in [-0.39, 0.29) is 0 Å². The largest absolute Gasteiger partial charge is 0.497 e. The Hall–Kier alpha value is -2.94. The highest BCUT2D eigenvalue weighted by Gasteiger charge is 2.07. The lowest BCUT2D eigenvalue weighted by atomic mass is 10.2. The van der Waals surface area contributed by atoms with Gasteiger partial charge in [-0.2, -0.15) is 5.26 Å². The van der Waals surface area contributed by atoms with Crippen LogP contribution in [0.2, 0.25) is 0 Å². The molecule has 0 aliphatic heterocycles.